The molecule has 0 aromatic heterocycles. The summed E-state index contributed by atoms with van der Waals surface area (Å²) in [6.45, 7) is 7.99. The van der Waals surface area contributed by atoms with Crippen molar-refractivity contribution < 1.29 is 13.9 Å². The molecule has 0 unspecified atom stereocenters. The lowest BCUT2D eigenvalue weighted by atomic mass is 9.99. The normalized spacial score (nSPS) is 13.4. The minimum absolute atomic E-state index is 0.0224. The lowest BCUT2D eigenvalue weighted by molar-refractivity contribution is -0.120. The maximum absolute atomic E-state index is 15.2. The van der Waals surface area contributed by atoms with E-state index in [1.54, 1.807) is 24.3 Å². The Balaban J connectivity index is 2.17. The number of nitrogens with one attached hydrogen (secondary N) is 1. The van der Waals surface area contributed by atoms with E-state index in [1.165, 1.54) is 0 Å². The number of carbonyl (C=O) groups excluding carboxylic acids is 1. The minimum atomic E-state index is -0.476. The third-order valence-electron chi connectivity index (χ3n) is 4.48. The molecule has 2 rings (SSSR count). The molecule has 5 heteroatoms. The number of Topliss-reactive ketones (excluding diaryl/α,β-unsaturated/α-hetero) is 1. The Labute approximate surface area is 172 Å². The average Bonchev–Trinajstić information content (AvgIpc) is 2.63. The predicted octanol–water partition coefficient (Wildman–Crippen LogP) is 6.71. The van der Waals surface area contributed by atoms with E-state index in [1.807, 2.05) is 45.9 Å². The fourth-order valence-electron chi connectivity index (χ4n) is 3.23. The van der Waals surface area contributed by atoms with Crippen LogP contribution in [0, 0.1) is 11.7 Å². The Bertz CT molecular complexity index is 780. The van der Waals surface area contributed by atoms with Gasteiger partial charge in [0.1, 0.15) is 11.5 Å². The van der Waals surface area contributed by atoms with Gasteiger partial charge in [-0.2, -0.15) is 0 Å². The SMILES string of the molecule is CC[C@@H](N[C@@H](C)CC(=O)CC(C)C)c1ccc(Cl)c(Oc2ccccc2)c1F. The molecule has 2 aromatic rings. The van der Waals surface area contributed by atoms with Crippen LogP contribution in [-0.4, -0.2) is 11.8 Å². The number of halogens is 2. The summed E-state index contributed by atoms with van der Waals surface area (Å²) in [7, 11) is 0. The third-order valence-corrected chi connectivity index (χ3v) is 4.78. The van der Waals surface area contributed by atoms with Crippen LogP contribution < -0.4 is 10.1 Å². The van der Waals surface area contributed by atoms with E-state index < -0.39 is 5.82 Å². The number of hydrogen-bond donors (Lipinski definition) is 1. The number of ketones is 1. The van der Waals surface area contributed by atoms with Gasteiger partial charge in [-0.3, -0.25) is 4.79 Å². The first-order valence-corrected chi connectivity index (χ1v) is 10.2. The molecular weight excluding hydrogens is 377 g/mol. The summed E-state index contributed by atoms with van der Waals surface area (Å²) < 4.78 is 20.9. The van der Waals surface area contributed by atoms with Crippen LogP contribution in [0.1, 0.15) is 58.6 Å². The highest BCUT2D eigenvalue weighted by molar-refractivity contribution is 6.32. The zero-order valence-electron chi connectivity index (χ0n) is 17.0. The highest BCUT2D eigenvalue weighted by atomic mass is 35.5. The highest BCUT2D eigenvalue weighted by Crippen LogP contribution is 2.36. The standard InChI is InChI=1S/C23H29ClFNO2/c1-5-21(26-16(4)14-17(27)13-15(2)3)19-11-12-20(24)23(22(19)25)28-18-9-7-6-8-10-18/h6-12,15-16,21,26H,5,13-14H2,1-4H3/t16-,21+/m0/s1. The van der Waals surface area contributed by atoms with Crippen LogP contribution in [0.3, 0.4) is 0 Å². The Morgan fingerprint density at radius 2 is 1.79 bits per heavy atom. The lowest BCUT2D eigenvalue weighted by Crippen LogP contribution is -2.32. The summed E-state index contributed by atoms with van der Waals surface area (Å²) in [4.78, 5) is 12.1. The minimum Gasteiger partial charge on any atom is -0.453 e. The summed E-state index contributed by atoms with van der Waals surface area (Å²) in [5.41, 5.74) is 0.487. The first-order valence-electron chi connectivity index (χ1n) is 9.80. The van der Waals surface area contributed by atoms with Gasteiger partial charge in [0.05, 0.1) is 5.02 Å². The molecule has 0 heterocycles. The van der Waals surface area contributed by atoms with Crippen molar-refractivity contribution in [2.75, 3.05) is 0 Å². The zero-order chi connectivity index (χ0) is 20.7. The Morgan fingerprint density at radius 1 is 1.11 bits per heavy atom. The number of carbonyl (C=O) groups is 1. The van der Waals surface area contributed by atoms with Crippen LogP contribution in [-0.2, 0) is 4.79 Å². The van der Waals surface area contributed by atoms with Crippen molar-refractivity contribution in [1.29, 1.82) is 0 Å². The number of para-hydroxylation sites is 1. The molecule has 2 aromatic carbocycles. The van der Waals surface area contributed by atoms with Gasteiger partial charge in [-0.25, -0.2) is 4.39 Å². The molecule has 2 atom stereocenters. The fraction of sp³-hybridized carbons (Fsp3) is 0.435. The zero-order valence-corrected chi connectivity index (χ0v) is 17.7. The van der Waals surface area contributed by atoms with E-state index in [-0.39, 0.29) is 28.6 Å². The summed E-state index contributed by atoms with van der Waals surface area (Å²) in [6, 6.07) is 12.0. The van der Waals surface area contributed by atoms with Crippen molar-refractivity contribution in [1.82, 2.24) is 5.32 Å². The molecule has 28 heavy (non-hydrogen) atoms. The van der Waals surface area contributed by atoms with Crippen molar-refractivity contribution in [3.8, 4) is 11.5 Å². The number of rotatable bonds is 10. The molecule has 0 amide bonds. The summed E-state index contributed by atoms with van der Waals surface area (Å²) in [5.74, 6) is 0.627. The van der Waals surface area contributed by atoms with Crippen molar-refractivity contribution >= 4 is 17.4 Å². The molecule has 0 aliphatic heterocycles. The van der Waals surface area contributed by atoms with Crippen molar-refractivity contribution in [3.63, 3.8) is 0 Å². The molecule has 0 radical (unpaired) electrons. The molecule has 0 spiro atoms. The molecule has 3 nitrogen and oxygen atoms in total. The van der Waals surface area contributed by atoms with Crippen LogP contribution >= 0.6 is 11.6 Å². The van der Waals surface area contributed by atoms with E-state index in [0.29, 0.717) is 36.5 Å². The van der Waals surface area contributed by atoms with E-state index in [9.17, 15) is 4.79 Å². The van der Waals surface area contributed by atoms with Crippen molar-refractivity contribution in [3.05, 3.63) is 58.9 Å². The second-order valence-electron chi connectivity index (χ2n) is 7.56. The van der Waals surface area contributed by atoms with E-state index in [2.05, 4.69) is 5.32 Å². The molecule has 0 fully saturated rings. The maximum Gasteiger partial charge on any atom is 0.181 e. The van der Waals surface area contributed by atoms with Gasteiger partial charge in [0, 0.05) is 30.5 Å². The van der Waals surface area contributed by atoms with E-state index >= 15 is 4.39 Å². The van der Waals surface area contributed by atoms with Crippen LogP contribution in [0.4, 0.5) is 4.39 Å². The Morgan fingerprint density at radius 3 is 2.39 bits per heavy atom. The second-order valence-corrected chi connectivity index (χ2v) is 7.97. The Kier molecular flexibility index (Phi) is 8.46. The van der Waals surface area contributed by atoms with Gasteiger partial charge in [0.15, 0.2) is 11.6 Å². The van der Waals surface area contributed by atoms with E-state index in [0.717, 1.165) is 0 Å². The molecule has 0 aliphatic carbocycles. The van der Waals surface area contributed by atoms with Crippen molar-refractivity contribution in [2.24, 2.45) is 5.92 Å². The van der Waals surface area contributed by atoms with E-state index in [4.69, 9.17) is 16.3 Å². The highest BCUT2D eigenvalue weighted by Gasteiger charge is 2.22. The molecule has 0 saturated heterocycles. The smallest absolute Gasteiger partial charge is 0.181 e. The third kappa shape index (κ3) is 6.32. The molecule has 1 N–H and O–H groups in total. The van der Waals surface area contributed by atoms with Gasteiger partial charge in [-0.15, -0.1) is 0 Å². The lowest BCUT2D eigenvalue weighted by Gasteiger charge is -2.24. The number of hydrogen-bond acceptors (Lipinski definition) is 3. The summed E-state index contributed by atoms with van der Waals surface area (Å²) in [5, 5.41) is 3.60. The molecule has 152 valence electrons. The van der Waals surface area contributed by atoms with Crippen LogP contribution in [0.25, 0.3) is 0 Å². The predicted molar refractivity (Wildman–Crippen MR) is 113 cm³/mol. The van der Waals surface area contributed by atoms with Crippen LogP contribution in [0.2, 0.25) is 5.02 Å². The fourth-order valence-corrected chi connectivity index (χ4v) is 3.41. The van der Waals surface area contributed by atoms with Crippen LogP contribution in [0.5, 0.6) is 11.5 Å². The van der Waals surface area contributed by atoms with Gasteiger partial charge < -0.3 is 10.1 Å². The number of ether oxygens (including phenoxy) is 1. The van der Waals surface area contributed by atoms with Gasteiger partial charge in [-0.05, 0) is 37.5 Å². The van der Waals surface area contributed by atoms with Gasteiger partial charge >= 0.3 is 0 Å². The first kappa shape index (κ1) is 22.4. The maximum atomic E-state index is 15.2. The molecular formula is C23H29ClFNO2. The Hall–Kier alpha value is -1.91. The molecule has 0 aliphatic rings. The monoisotopic (exact) mass is 405 g/mol. The summed E-state index contributed by atoms with van der Waals surface area (Å²) >= 11 is 6.19. The quantitative estimate of drug-likeness (QED) is 0.477. The van der Waals surface area contributed by atoms with Gasteiger partial charge in [0.2, 0.25) is 0 Å². The topological polar surface area (TPSA) is 38.3 Å². The van der Waals surface area contributed by atoms with Gasteiger partial charge in [0.25, 0.3) is 0 Å². The van der Waals surface area contributed by atoms with Crippen molar-refractivity contribution in [2.45, 2.75) is 59.0 Å². The largest absolute Gasteiger partial charge is 0.453 e. The van der Waals surface area contributed by atoms with Gasteiger partial charge in [-0.1, -0.05) is 56.6 Å². The molecule has 0 saturated carbocycles. The summed E-state index contributed by atoms with van der Waals surface area (Å²) in [6.07, 6.45) is 1.66. The second kappa shape index (κ2) is 10.6. The average molecular weight is 406 g/mol. The first-order chi connectivity index (χ1) is 13.3. The van der Waals surface area contributed by atoms with Crippen LogP contribution in [0.15, 0.2) is 42.5 Å². The number of benzene rings is 2. The molecule has 0 bridgehead atoms.